The molecule has 4 nitrogen and oxygen atoms in total. The summed E-state index contributed by atoms with van der Waals surface area (Å²) in [6.07, 6.45) is 1.75. The molecule has 5 heteroatoms. The van der Waals surface area contributed by atoms with Gasteiger partial charge in [-0.25, -0.2) is 4.98 Å². The van der Waals surface area contributed by atoms with Crippen LogP contribution in [0.4, 0.5) is 0 Å². The van der Waals surface area contributed by atoms with Crippen molar-refractivity contribution in [3.8, 4) is 33.5 Å². The number of rotatable bonds is 4. The fraction of sp³-hybridized carbons (Fsp3) is 0.0400. The van der Waals surface area contributed by atoms with Crippen LogP contribution < -0.4 is 11.3 Å². The molecular weight excluding hydrogens is 390 g/mol. The number of H-pyrrole nitrogens is 1. The van der Waals surface area contributed by atoms with E-state index in [9.17, 15) is 4.79 Å². The maximum Gasteiger partial charge on any atom is 0.257 e. The van der Waals surface area contributed by atoms with Crippen LogP contribution >= 0.6 is 11.3 Å². The summed E-state index contributed by atoms with van der Waals surface area (Å²) in [5.74, 6) is 0. The number of nitrogens with zero attached hydrogens (tertiary/aromatic N) is 1. The van der Waals surface area contributed by atoms with Crippen molar-refractivity contribution in [1.82, 2.24) is 9.97 Å². The standard InChI is InChI=1S/C25H19N3OS/c26-13-16-6-8-18(9-7-16)23-20(17-4-2-1-3-5-17)12-21-24(28-23)22(14-27-25(21)29)19-10-11-30-15-19/h1-12,14-15H,13,26H2,(H,27,29). The molecule has 0 fully saturated rings. The van der Waals surface area contributed by atoms with Gasteiger partial charge in [0.15, 0.2) is 0 Å². The Labute approximate surface area is 177 Å². The first-order chi connectivity index (χ1) is 14.7. The lowest BCUT2D eigenvalue weighted by molar-refractivity contribution is 1.07. The quantitative estimate of drug-likeness (QED) is 0.415. The monoisotopic (exact) mass is 409 g/mol. The number of benzene rings is 2. The molecule has 146 valence electrons. The number of hydrogen-bond donors (Lipinski definition) is 2. The van der Waals surface area contributed by atoms with Gasteiger partial charge in [-0.15, -0.1) is 0 Å². The molecule has 0 saturated carbocycles. The van der Waals surface area contributed by atoms with Crippen molar-refractivity contribution in [2.75, 3.05) is 0 Å². The molecule has 0 spiro atoms. The second-order valence-corrected chi connectivity index (χ2v) is 7.87. The molecule has 0 saturated heterocycles. The summed E-state index contributed by atoms with van der Waals surface area (Å²) in [6.45, 7) is 0.495. The van der Waals surface area contributed by atoms with Crippen molar-refractivity contribution in [1.29, 1.82) is 0 Å². The van der Waals surface area contributed by atoms with E-state index in [1.807, 2.05) is 72.1 Å². The zero-order chi connectivity index (χ0) is 20.5. The Morgan fingerprint density at radius 3 is 2.40 bits per heavy atom. The van der Waals surface area contributed by atoms with E-state index in [1.54, 1.807) is 17.5 Å². The molecule has 0 bridgehead atoms. The Morgan fingerprint density at radius 1 is 0.900 bits per heavy atom. The molecule has 3 N–H and O–H groups in total. The van der Waals surface area contributed by atoms with E-state index in [0.29, 0.717) is 17.4 Å². The third-order valence-electron chi connectivity index (χ3n) is 5.25. The molecule has 3 heterocycles. The van der Waals surface area contributed by atoms with Gasteiger partial charge in [0.05, 0.1) is 16.6 Å². The van der Waals surface area contributed by atoms with Gasteiger partial charge in [0.2, 0.25) is 0 Å². The number of aromatic nitrogens is 2. The highest BCUT2D eigenvalue weighted by molar-refractivity contribution is 7.08. The highest BCUT2D eigenvalue weighted by Gasteiger charge is 2.16. The van der Waals surface area contributed by atoms with Gasteiger partial charge in [-0.3, -0.25) is 4.79 Å². The van der Waals surface area contributed by atoms with E-state index >= 15 is 0 Å². The van der Waals surface area contributed by atoms with E-state index in [-0.39, 0.29) is 5.56 Å². The molecule has 0 atom stereocenters. The summed E-state index contributed by atoms with van der Waals surface area (Å²) in [5, 5.41) is 4.67. The summed E-state index contributed by atoms with van der Waals surface area (Å²) in [5.41, 5.74) is 13.2. The van der Waals surface area contributed by atoms with Gasteiger partial charge < -0.3 is 10.7 Å². The fourth-order valence-corrected chi connectivity index (χ4v) is 4.33. The minimum Gasteiger partial charge on any atom is -0.328 e. The number of aromatic amines is 1. The molecule has 0 unspecified atom stereocenters. The summed E-state index contributed by atoms with van der Waals surface area (Å²) < 4.78 is 0. The third-order valence-corrected chi connectivity index (χ3v) is 5.93. The minimum atomic E-state index is -0.140. The largest absolute Gasteiger partial charge is 0.328 e. The van der Waals surface area contributed by atoms with Crippen LogP contribution in [0.15, 0.2) is 88.5 Å². The highest BCUT2D eigenvalue weighted by Crippen LogP contribution is 2.35. The Hall–Kier alpha value is -3.54. The first kappa shape index (κ1) is 18.5. The van der Waals surface area contributed by atoms with Gasteiger partial charge >= 0.3 is 0 Å². The van der Waals surface area contributed by atoms with E-state index < -0.39 is 0 Å². The van der Waals surface area contributed by atoms with E-state index in [4.69, 9.17) is 10.7 Å². The van der Waals surface area contributed by atoms with E-state index in [1.165, 1.54) is 0 Å². The zero-order valence-electron chi connectivity index (χ0n) is 16.1. The first-order valence-corrected chi connectivity index (χ1v) is 10.6. The van der Waals surface area contributed by atoms with Crippen molar-refractivity contribution in [2.45, 2.75) is 6.54 Å². The lowest BCUT2D eigenvalue weighted by atomic mass is 9.96. The Bertz CT molecular complexity index is 1370. The normalized spacial score (nSPS) is 11.1. The topological polar surface area (TPSA) is 71.8 Å². The number of hydrogen-bond acceptors (Lipinski definition) is 4. The Morgan fingerprint density at radius 2 is 1.70 bits per heavy atom. The fourth-order valence-electron chi connectivity index (χ4n) is 3.67. The predicted octanol–water partition coefficient (Wildman–Crippen LogP) is 5.44. The van der Waals surface area contributed by atoms with E-state index in [2.05, 4.69) is 10.4 Å². The summed E-state index contributed by atoms with van der Waals surface area (Å²) in [7, 11) is 0. The summed E-state index contributed by atoms with van der Waals surface area (Å²) in [6, 6.07) is 22.2. The van der Waals surface area contributed by atoms with Gasteiger partial charge in [0.1, 0.15) is 0 Å². The van der Waals surface area contributed by atoms with Crippen LogP contribution in [-0.4, -0.2) is 9.97 Å². The average molecular weight is 410 g/mol. The summed E-state index contributed by atoms with van der Waals surface area (Å²) >= 11 is 1.62. The maximum absolute atomic E-state index is 12.7. The van der Waals surface area contributed by atoms with Crippen LogP contribution in [0.5, 0.6) is 0 Å². The van der Waals surface area contributed by atoms with Crippen LogP contribution in [0.1, 0.15) is 5.56 Å². The molecule has 0 amide bonds. The molecule has 30 heavy (non-hydrogen) atoms. The van der Waals surface area contributed by atoms with E-state index in [0.717, 1.165) is 39.1 Å². The number of fused-ring (bicyclic) bond motifs is 1. The predicted molar refractivity (Wildman–Crippen MR) is 124 cm³/mol. The number of nitrogens with one attached hydrogen (secondary N) is 1. The van der Waals surface area contributed by atoms with Gasteiger partial charge in [-0.2, -0.15) is 11.3 Å². The maximum atomic E-state index is 12.7. The highest BCUT2D eigenvalue weighted by atomic mass is 32.1. The van der Waals surface area contributed by atoms with Crippen molar-refractivity contribution in [2.24, 2.45) is 5.73 Å². The van der Waals surface area contributed by atoms with Crippen molar-refractivity contribution in [3.63, 3.8) is 0 Å². The lowest BCUT2D eigenvalue weighted by Gasteiger charge is -2.13. The van der Waals surface area contributed by atoms with Crippen molar-refractivity contribution < 1.29 is 0 Å². The number of nitrogens with two attached hydrogens (primary N) is 1. The van der Waals surface area contributed by atoms with Gasteiger partial charge in [0.25, 0.3) is 5.56 Å². The molecule has 2 aromatic carbocycles. The minimum absolute atomic E-state index is 0.140. The van der Waals surface area contributed by atoms with Crippen LogP contribution in [0, 0.1) is 0 Å². The first-order valence-electron chi connectivity index (χ1n) is 9.68. The van der Waals surface area contributed by atoms with Crippen molar-refractivity contribution >= 4 is 22.2 Å². The second-order valence-electron chi connectivity index (χ2n) is 7.09. The SMILES string of the molecule is NCc1ccc(-c2nc3c(-c4ccsc4)c[nH]c(=O)c3cc2-c2ccccc2)cc1. The van der Waals surface area contributed by atoms with Gasteiger partial charge in [0, 0.05) is 29.4 Å². The number of pyridine rings is 2. The lowest BCUT2D eigenvalue weighted by Crippen LogP contribution is -2.08. The molecule has 0 radical (unpaired) electrons. The van der Waals surface area contributed by atoms with Crippen molar-refractivity contribution in [3.05, 3.63) is 99.6 Å². The molecule has 0 aliphatic carbocycles. The van der Waals surface area contributed by atoms with Crippen LogP contribution in [0.25, 0.3) is 44.4 Å². The zero-order valence-corrected chi connectivity index (χ0v) is 16.9. The molecule has 5 aromatic rings. The number of thiophene rings is 1. The third kappa shape index (κ3) is 3.24. The molecule has 0 aliphatic rings. The van der Waals surface area contributed by atoms with Gasteiger partial charge in [-0.05, 0) is 39.6 Å². The Balaban J connectivity index is 1.85. The second kappa shape index (κ2) is 7.71. The molecule has 0 aliphatic heterocycles. The molecule has 3 aromatic heterocycles. The summed E-state index contributed by atoms with van der Waals surface area (Å²) in [4.78, 5) is 20.6. The van der Waals surface area contributed by atoms with Crippen LogP contribution in [-0.2, 0) is 6.54 Å². The van der Waals surface area contributed by atoms with Crippen LogP contribution in [0.2, 0.25) is 0 Å². The molecule has 5 rings (SSSR count). The smallest absolute Gasteiger partial charge is 0.257 e. The van der Waals surface area contributed by atoms with Crippen LogP contribution in [0.3, 0.4) is 0 Å². The van der Waals surface area contributed by atoms with Gasteiger partial charge in [-0.1, -0.05) is 54.6 Å². The average Bonchev–Trinajstić information content (AvgIpc) is 3.34. The Kier molecular flexibility index (Phi) is 4.75. The molecular formula is C25H19N3OS.